The van der Waals surface area contributed by atoms with Crippen molar-refractivity contribution in [1.82, 2.24) is 10.0 Å². The normalized spacial score (nSPS) is 15.3. The molecule has 32 heavy (non-hydrogen) atoms. The lowest BCUT2D eigenvalue weighted by Gasteiger charge is -2.17. The average Bonchev–Trinajstić information content (AvgIpc) is 3.29. The van der Waals surface area contributed by atoms with Gasteiger partial charge in [0.1, 0.15) is 16.4 Å². The monoisotopic (exact) mass is 460 g/mol. The lowest BCUT2D eigenvalue weighted by atomic mass is 10.1. The standard InChI is InChI=1S/C24H32N2O5S/c1-17(8-9-18-10-13-21(30-2)14-11-18)25-24(27)19-12-15-22(31-3)23(16-19)32(28,29)26-20-6-4-5-7-20/h10-17,20,26H,4-9H2,1-3H3,(H,25,27). The number of hydrogen-bond acceptors (Lipinski definition) is 5. The highest BCUT2D eigenvalue weighted by Crippen LogP contribution is 2.27. The summed E-state index contributed by atoms with van der Waals surface area (Å²) in [6.45, 7) is 1.93. The fraction of sp³-hybridized carbons (Fsp3) is 0.458. The smallest absolute Gasteiger partial charge is 0.251 e. The van der Waals surface area contributed by atoms with E-state index in [1.165, 1.54) is 19.2 Å². The second-order valence-electron chi connectivity index (χ2n) is 8.23. The minimum Gasteiger partial charge on any atom is -0.497 e. The summed E-state index contributed by atoms with van der Waals surface area (Å²) in [5, 5.41) is 2.96. The number of carbonyl (C=O) groups is 1. The third-order valence-corrected chi connectivity index (χ3v) is 7.34. The highest BCUT2D eigenvalue weighted by atomic mass is 32.2. The van der Waals surface area contributed by atoms with Crippen LogP contribution in [0.2, 0.25) is 0 Å². The number of nitrogens with one attached hydrogen (secondary N) is 2. The van der Waals surface area contributed by atoms with Crippen LogP contribution in [0.1, 0.15) is 54.9 Å². The van der Waals surface area contributed by atoms with Crippen LogP contribution in [0.25, 0.3) is 0 Å². The largest absolute Gasteiger partial charge is 0.497 e. The molecular weight excluding hydrogens is 428 g/mol. The minimum atomic E-state index is -3.79. The van der Waals surface area contributed by atoms with Gasteiger partial charge in [-0.1, -0.05) is 25.0 Å². The van der Waals surface area contributed by atoms with Gasteiger partial charge >= 0.3 is 0 Å². The summed E-state index contributed by atoms with van der Waals surface area (Å²) in [6, 6.07) is 12.2. The number of carbonyl (C=O) groups excluding carboxylic acids is 1. The third-order valence-electron chi connectivity index (χ3n) is 5.79. The zero-order chi connectivity index (χ0) is 23.1. The van der Waals surface area contributed by atoms with E-state index in [-0.39, 0.29) is 34.2 Å². The lowest BCUT2D eigenvalue weighted by molar-refractivity contribution is 0.0938. The van der Waals surface area contributed by atoms with Crippen LogP contribution >= 0.6 is 0 Å². The maximum absolute atomic E-state index is 12.9. The number of hydrogen-bond donors (Lipinski definition) is 2. The second kappa shape index (κ2) is 10.8. The number of rotatable bonds is 10. The van der Waals surface area contributed by atoms with Crippen molar-refractivity contribution in [3.05, 3.63) is 53.6 Å². The zero-order valence-electron chi connectivity index (χ0n) is 18.9. The average molecular weight is 461 g/mol. The molecule has 0 aliphatic heterocycles. The van der Waals surface area contributed by atoms with Gasteiger partial charge in [-0.3, -0.25) is 4.79 Å². The van der Waals surface area contributed by atoms with Crippen LogP contribution in [-0.2, 0) is 16.4 Å². The molecule has 7 nitrogen and oxygen atoms in total. The molecule has 1 amide bonds. The first-order valence-corrected chi connectivity index (χ1v) is 12.4. The lowest BCUT2D eigenvalue weighted by Crippen LogP contribution is -2.34. The van der Waals surface area contributed by atoms with E-state index >= 15 is 0 Å². The number of aryl methyl sites for hydroxylation is 1. The molecule has 0 spiro atoms. The van der Waals surface area contributed by atoms with Gasteiger partial charge in [-0.05, 0) is 68.5 Å². The minimum absolute atomic E-state index is 0.00886. The Bertz CT molecular complexity index is 1020. The molecule has 3 rings (SSSR count). The van der Waals surface area contributed by atoms with Gasteiger partial charge in [-0.15, -0.1) is 0 Å². The number of sulfonamides is 1. The van der Waals surface area contributed by atoms with Crippen LogP contribution in [0, 0.1) is 0 Å². The quantitative estimate of drug-likeness (QED) is 0.564. The number of amides is 1. The van der Waals surface area contributed by atoms with Crippen LogP contribution in [0.15, 0.2) is 47.4 Å². The Kier molecular flexibility index (Phi) is 8.15. The van der Waals surface area contributed by atoms with Crippen LogP contribution in [-0.4, -0.2) is 40.6 Å². The fourth-order valence-corrected chi connectivity index (χ4v) is 5.41. The summed E-state index contributed by atoms with van der Waals surface area (Å²) in [5.41, 5.74) is 1.44. The molecule has 174 valence electrons. The molecule has 0 saturated heterocycles. The molecule has 1 aliphatic carbocycles. The topological polar surface area (TPSA) is 93.7 Å². The number of benzene rings is 2. The van der Waals surface area contributed by atoms with E-state index in [1.54, 1.807) is 13.2 Å². The Morgan fingerprint density at radius 2 is 1.75 bits per heavy atom. The van der Waals surface area contributed by atoms with Crippen LogP contribution in [0.4, 0.5) is 0 Å². The van der Waals surface area contributed by atoms with Gasteiger partial charge in [0.15, 0.2) is 0 Å². The predicted molar refractivity (Wildman–Crippen MR) is 124 cm³/mol. The first-order chi connectivity index (χ1) is 15.3. The van der Waals surface area contributed by atoms with E-state index in [0.717, 1.165) is 49.8 Å². The van der Waals surface area contributed by atoms with Crippen molar-refractivity contribution in [2.45, 2.75) is 62.4 Å². The van der Waals surface area contributed by atoms with Crippen LogP contribution in [0.3, 0.4) is 0 Å². The highest BCUT2D eigenvalue weighted by molar-refractivity contribution is 7.89. The number of ether oxygens (including phenoxy) is 2. The Labute approximate surface area is 190 Å². The summed E-state index contributed by atoms with van der Waals surface area (Å²) < 4.78 is 39.1. The maximum atomic E-state index is 12.9. The van der Waals surface area contributed by atoms with Crippen molar-refractivity contribution in [2.24, 2.45) is 0 Å². The van der Waals surface area contributed by atoms with Gasteiger partial charge < -0.3 is 14.8 Å². The summed E-state index contributed by atoms with van der Waals surface area (Å²) in [7, 11) is -0.735. The second-order valence-corrected chi connectivity index (χ2v) is 9.91. The van der Waals surface area contributed by atoms with E-state index in [9.17, 15) is 13.2 Å². The van der Waals surface area contributed by atoms with E-state index in [4.69, 9.17) is 9.47 Å². The van der Waals surface area contributed by atoms with Gasteiger partial charge in [-0.2, -0.15) is 0 Å². The molecule has 1 fully saturated rings. The van der Waals surface area contributed by atoms with Gasteiger partial charge in [0.25, 0.3) is 5.91 Å². The maximum Gasteiger partial charge on any atom is 0.251 e. The molecule has 2 N–H and O–H groups in total. The van der Waals surface area contributed by atoms with Crippen LogP contribution in [0.5, 0.6) is 11.5 Å². The van der Waals surface area contributed by atoms with Crippen LogP contribution < -0.4 is 19.5 Å². The van der Waals surface area contributed by atoms with Gasteiger partial charge in [0, 0.05) is 17.6 Å². The molecule has 0 aromatic heterocycles. The molecule has 0 bridgehead atoms. The van der Waals surface area contributed by atoms with E-state index in [0.29, 0.717) is 0 Å². The molecule has 0 heterocycles. The fourth-order valence-electron chi connectivity index (χ4n) is 3.91. The Balaban J connectivity index is 1.65. The van der Waals surface area contributed by atoms with Crippen molar-refractivity contribution in [1.29, 1.82) is 0 Å². The molecule has 1 aliphatic rings. The van der Waals surface area contributed by atoms with Crippen molar-refractivity contribution in [3.8, 4) is 11.5 Å². The summed E-state index contributed by atoms with van der Waals surface area (Å²) >= 11 is 0. The zero-order valence-corrected chi connectivity index (χ0v) is 19.7. The Morgan fingerprint density at radius 3 is 2.38 bits per heavy atom. The van der Waals surface area contributed by atoms with Crippen molar-refractivity contribution in [2.75, 3.05) is 14.2 Å². The van der Waals surface area contributed by atoms with Crippen molar-refractivity contribution in [3.63, 3.8) is 0 Å². The molecule has 1 atom stereocenters. The molecule has 1 unspecified atom stereocenters. The predicted octanol–water partition coefficient (Wildman–Crippen LogP) is 3.68. The molecular formula is C24H32N2O5S. The molecule has 2 aromatic rings. The number of methoxy groups -OCH3 is 2. The SMILES string of the molecule is COc1ccc(CCC(C)NC(=O)c2ccc(OC)c(S(=O)(=O)NC3CCCC3)c2)cc1. The molecule has 1 saturated carbocycles. The molecule has 0 radical (unpaired) electrons. The van der Waals surface area contributed by atoms with Gasteiger partial charge in [-0.25, -0.2) is 13.1 Å². The first kappa shape index (κ1) is 24.1. The van der Waals surface area contributed by atoms with E-state index in [2.05, 4.69) is 10.0 Å². The molecule has 2 aromatic carbocycles. The van der Waals surface area contributed by atoms with E-state index < -0.39 is 10.0 Å². The van der Waals surface area contributed by atoms with Crippen molar-refractivity contribution < 1.29 is 22.7 Å². The summed E-state index contributed by atoms with van der Waals surface area (Å²) in [6.07, 6.45) is 5.24. The highest BCUT2D eigenvalue weighted by Gasteiger charge is 2.26. The van der Waals surface area contributed by atoms with Gasteiger partial charge in [0.05, 0.1) is 14.2 Å². The van der Waals surface area contributed by atoms with Crippen molar-refractivity contribution >= 4 is 15.9 Å². The Morgan fingerprint density at radius 1 is 1.06 bits per heavy atom. The van der Waals surface area contributed by atoms with E-state index in [1.807, 2.05) is 31.2 Å². The molecule has 8 heteroatoms. The summed E-state index contributed by atoms with van der Waals surface area (Å²) in [4.78, 5) is 12.8. The third kappa shape index (κ3) is 6.23. The Hall–Kier alpha value is -2.58. The first-order valence-electron chi connectivity index (χ1n) is 11.0. The van der Waals surface area contributed by atoms with Gasteiger partial charge in [0.2, 0.25) is 10.0 Å². The summed E-state index contributed by atoms with van der Waals surface area (Å²) in [5.74, 6) is 0.717.